The van der Waals surface area contributed by atoms with E-state index in [-0.39, 0.29) is 35.2 Å². The topological polar surface area (TPSA) is 20.2 Å². The predicted molar refractivity (Wildman–Crippen MR) is 48.9 cm³/mol. The first-order chi connectivity index (χ1) is 5.23. The number of aliphatic hydroxyl groups is 1. The predicted octanol–water partition coefficient (Wildman–Crippen LogP) is 1.57. The van der Waals surface area contributed by atoms with E-state index in [1.54, 1.807) is 0 Å². The molecule has 4 fully saturated rings. The Morgan fingerprint density at radius 3 is 1.42 bits per heavy atom. The third-order valence-electron chi connectivity index (χ3n) is 4.01. The summed E-state index contributed by atoms with van der Waals surface area (Å²) in [5.74, 6) is 2.68. The van der Waals surface area contributed by atoms with Crippen LogP contribution in [0.2, 0.25) is 0 Å². The first-order valence-corrected chi connectivity index (χ1v) is 4.96. The van der Waals surface area contributed by atoms with Gasteiger partial charge in [-0.1, -0.05) is 0 Å². The maximum Gasteiger partial charge on any atom is 0.0655 e. The first kappa shape index (κ1) is 9.51. The zero-order chi connectivity index (χ0) is 7.47. The van der Waals surface area contributed by atoms with Crippen molar-refractivity contribution in [2.45, 2.75) is 44.1 Å². The van der Waals surface area contributed by atoms with Gasteiger partial charge in [0.1, 0.15) is 0 Å². The molecule has 1 radical (unpaired) electrons. The van der Waals surface area contributed by atoms with Crippen molar-refractivity contribution >= 4 is 29.6 Å². The summed E-state index contributed by atoms with van der Waals surface area (Å²) in [5, 5.41) is 10.1. The summed E-state index contributed by atoms with van der Waals surface area (Å²) in [4.78, 5) is 0. The Labute approximate surface area is 96.2 Å². The van der Waals surface area contributed by atoms with E-state index in [2.05, 4.69) is 0 Å². The van der Waals surface area contributed by atoms with Gasteiger partial charge in [-0.15, -0.1) is 0 Å². The molecule has 4 aliphatic rings. The van der Waals surface area contributed by atoms with E-state index < -0.39 is 0 Å². The van der Waals surface area contributed by atoms with Crippen LogP contribution < -0.4 is 0 Å². The van der Waals surface area contributed by atoms with Gasteiger partial charge >= 0.3 is 0 Å². The van der Waals surface area contributed by atoms with Gasteiger partial charge in [0.25, 0.3) is 0 Å². The smallest absolute Gasteiger partial charge is 0.0655 e. The molecule has 63 valence electrons. The summed E-state index contributed by atoms with van der Waals surface area (Å²) in [6.45, 7) is 0. The van der Waals surface area contributed by atoms with Crippen LogP contribution in [-0.4, -0.2) is 40.3 Å². The summed E-state index contributed by atoms with van der Waals surface area (Å²) in [5.41, 5.74) is -0.200. The Balaban J connectivity index is 0.000000563. The number of rotatable bonds is 0. The Morgan fingerprint density at radius 2 is 1.17 bits per heavy atom. The maximum atomic E-state index is 10.1. The van der Waals surface area contributed by atoms with Crippen molar-refractivity contribution in [3.8, 4) is 0 Å². The molecule has 4 rings (SSSR count). The van der Waals surface area contributed by atoms with Gasteiger partial charge in [-0.25, -0.2) is 0 Å². The first-order valence-electron chi connectivity index (χ1n) is 4.96. The van der Waals surface area contributed by atoms with Crippen LogP contribution in [0.3, 0.4) is 0 Å². The minimum Gasteiger partial charge on any atom is -0.390 e. The second kappa shape index (κ2) is 2.98. The van der Waals surface area contributed by atoms with Gasteiger partial charge in [-0.2, -0.15) is 0 Å². The summed E-state index contributed by atoms with van der Waals surface area (Å²) < 4.78 is 0. The van der Waals surface area contributed by atoms with Crippen molar-refractivity contribution in [2.75, 3.05) is 0 Å². The van der Waals surface area contributed by atoms with E-state index in [0.29, 0.717) is 0 Å². The molecular weight excluding hydrogens is 159 g/mol. The molecule has 0 heterocycles. The largest absolute Gasteiger partial charge is 0.390 e. The molecule has 0 aliphatic heterocycles. The van der Waals surface area contributed by atoms with Crippen LogP contribution in [0.15, 0.2) is 0 Å². The zero-order valence-corrected chi connectivity index (χ0v) is 9.92. The molecule has 1 N–H and O–H groups in total. The van der Waals surface area contributed by atoms with Crippen molar-refractivity contribution in [1.82, 2.24) is 0 Å². The number of hydrogen-bond donors (Lipinski definition) is 1. The molecule has 4 aliphatic carbocycles. The van der Waals surface area contributed by atoms with Crippen molar-refractivity contribution < 1.29 is 5.11 Å². The van der Waals surface area contributed by atoms with Crippen LogP contribution in [0.4, 0.5) is 0 Å². The van der Waals surface area contributed by atoms with Crippen molar-refractivity contribution in [3.63, 3.8) is 0 Å². The van der Waals surface area contributed by atoms with Gasteiger partial charge in [0.15, 0.2) is 0 Å². The van der Waals surface area contributed by atoms with Crippen LogP contribution in [0.5, 0.6) is 0 Å². The van der Waals surface area contributed by atoms with Crippen LogP contribution >= 0.6 is 0 Å². The second-order valence-corrected chi connectivity index (χ2v) is 5.14. The van der Waals surface area contributed by atoms with Crippen molar-refractivity contribution in [2.24, 2.45) is 17.8 Å². The van der Waals surface area contributed by atoms with Gasteiger partial charge in [0.05, 0.1) is 5.60 Å². The number of hydrogen-bond acceptors (Lipinski definition) is 1. The van der Waals surface area contributed by atoms with Crippen molar-refractivity contribution in [1.29, 1.82) is 0 Å². The van der Waals surface area contributed by atoms with Gasteiger partial charge < -0.3 is 5.11 Å². The molecule has 0 saturated heterocycles. The Hall–Kier alpha value is 0.960. The van der Waals surface area contributed by atoms with Crippen LogP contribution in [0, 0.1) is 17.8 Å². The third-order valence-corrected chi connectivity index (χ3v) is 4.01. The molecule has 12 heavy (non-hydrogen) atoms. The minimum absolute atomic E-state index is 0. The monoisotopic (exact) mass is 175 g/mol. The molecule has 0 amide bonds. The maximum absolute atomic E-state index is 10.1. The molecule has 2 heteroatoms. The molecular formula is C10H16NaO. The molecule has 0 aromatic heterocycles. The van der Waals surface area contributed by atoms with E-state index in [0.717, 1.165) is 37.0 Å². The van der Waals surface area contributed by atoms with Crippen LogP contribution in [0.25, 0.3) is 0 Å². The summed E-state index contributed by atoms with van der Waals surface area (Å²) in [7, 11) is 0. The van der Waals surface area contributed by atoms with Gasteiger partial charge in [0, 0.05) is 29.6 Å². The quantitative estimate of drug-likeness (QED) is 0.554. The molecule has 0 aromatic rings. The Morgan fingerprint density at radius 1 is 0.833 bits per heavy atom. The molecule has 0 atom stereocenters. The van der Waals surface area contributed by atoms with Crippen molar-refractivity contribution in [3.05, 3.63) is 0 Å². The Kier molecular flexibility index (Phi) is 2.36. The molecule has 0 spiro atoms. The average molecular weight is 175 g/mol. The fraction of sp³-hybridized carbons (Fsp3) is 1.00. The fourth-order valence-corrected chi connectivity index (χ4v) is 4.06. The van der Waals surface area contributed by atoms with Gasteiger partial charge in [-0.3, -0.25) is 0 Å². The molecule has 4 saturated carbocycles. The van der Waals surface area contributed by atoms with E-state index in [1.165, 1.54) is 19.3 Å². The summed E-state index contributed by atoms with van der Waals surface area (Å²) >= 11 is 0. The van der Waals surface area contributed by atoms with Gasteiger partial charge in [0.2, 0.25) is 0 Å². The Bertz CT molecular complexity index is 155. The normalized spacial score (nSPS) is 55.2. The van der Waals surface area contributed by atoms with E-state index >= 15 is 0 Å². The fourth-order valence-electron chi connectivity index (χ4n) is 4.06. The minimum atomic E-state index is -0.200. The average Bonchev–Trinajstić information content (AvgIpc) is 1.79. The standard InChI is InChI=1S/C10H16O.Na/c11-10-4-7-1-8(5-10)3-9(2-7)6-10;/h7-9,11H,1-6H2;. The van der Waals surface area contributed by atoms with E-state index in [9.17, 15) is 5.11 Å². The SMILES string of the molecule is OC12CC3CC(CC(C3)C1)C2.[Na]. The van der Waals surface area contributed by atoms with Crippen LogP contribution in [0.1, 0.15) is 38.5 Å². The third kappa shape index (κ3) is 1.39. The summed E-state index contributed by atoms with van der Waals surface area (Å²) in [6, 6.07) is 0. The molecule has 4 bridgehead atoms. The molecule has 0 aromatic carbocycles. The molecule has 0 unspecified atom stereocenters. The second-order valence-electron chi connectivity index (χ2n) is 5.14. The molecule has 1 nitrogen and oxygen atoms in total. The van der Waals surface area contributed by atoms with Crippen LogP contribution in [-0.2, 0) is 0 Å². The van der Waals surface area contributed by atoms with E-state index in [1.807, 2.05) is 0 Å². The van der Waals surface area contributed by atoms with E-state index in [4.69, 9.17) is 0 Å². The zero-order valence-electron chi connectivity index (χ0n) is 7.92. The summed E-state index contributed by atoms with van der Waals surface area (Å²) in [6.07, 6.45) is 7.66. The van der Waals surface area contributed by atoms with Gasteiger partial charge in [-0.05, 0) is 56.3 Å².